The van der Waals surface area contributed by atoms with Gasteiger partial charge in [0.05, 0.1) is 0 Å². The molecular formula is C36H56O10Sn. The molecule has 2 aromatic carbocycles. The summed E-state index contributed by atoms with van der Waals surface area (Å²) in [5.74, 6) is 0.416. The molecule has 4 rings (SSSR count). The predicted molar refractivity (Wildman–Crippen MR) is 183 cm³/mol. The summed E-state index contributed by atoms with van der Waals surface area (Å²) >= 11 is -3.52. The fourth-order valence-corrected chi connectivity index (χ4v) is 21.9. The first-order valence-electron chi connectivity index (χ1n) is 17.3. The van der Waals surface area contributed by atoms with E-state index < -0.39 is 18.4 Å². The second kappa shape index (κ2) is 24.9. The van der Waals surface area contributed by atoms with Crippen molar-refractivity contribution in [1.29, 1.82) is 0 Å². The standard InChI is InChI=1S/2C12H23O5.2C6H5.Sn/c2*1-12-10-16-8-6-14-4-2-13-3-5-15-7-9-17-11-12;2*1-2-4-6-5-3-1;/h2*12H,1-11H2;2*1-5H;. The quantitative estimate of drug-likeness (QED) is 0.409. The Bertz CT molecular complexity index is 904. The van der Waals surface area contributed by atoms with Crippen LogP contribution in [0.15, 0.2) is 60.7 Å². The SMILES string of the molecule is c1cc[c]([Sn]([CH2]C2COCCOCCOCCOCCOC2)([CH2]C2COCCOCCOCCOCCOC2)[c]2ccccc2)cc1. The molecule has 0 saturated carbocycles. The second-order valence-electron chi connectivity index (χ2n) is 11.9. The van der Waals surface area contributed by atoms with E-state index in [0.29, 0.717) is 132 Å². The molecule has 2 fully saturated rings. The molecule has 10 nitrogen and oxygen atoms in total. The molecule has 0 radical (unpaired) electrons. The Balaban J connectivity index is 1.57. The van der Waals surface area contributed by atoms with E-state index in [-0.39, 0.29) is 11.8 Å². The summed E-state index contributed by atoms with van der Waals surface area (Å²) in [6, 6.07) is 22.3. The number of rotatable bonds is 6. The van der Waals surface area contributed by atoms with E-state index in [4.69, 9.17) is 47.4 Å². The van der Waals surface area contributed by atoms with Crippen LogP contribution >= 0.6 is 0 Å². The van der Waals surface area contributed by atoms with Gasteiger partial charge in [-0.25, -0.2) is 0 Å². The Morgan fingerprint density at radius 2 is 0.574 bits per heavy atom. The molecule has 11 heteroatoms. The molecule has 2 aromatic rings. The van der Waals surface area contributed by atoms with Crippen LogP contribution in [-0.2, 0) is 47.4 Å². The van der Waals surface area contributed by atoms with Crippen LogP contribution in [0.3, 0.4) is 0 Å². The van der Waals surface area contributed by atoms with E-state index in [9.17, 15) is 0 Å². The van der Waals surface area contributed by atoms with Crippen LogP contribution in [0.1, 0.15) is 0 Å². The molecule has 0 N–H and O–H groups in total. The fourth-order valence-electron chi connectivity index (χ4n) is 6.11. The maximum absolute atomic E-state index is 6.26. The Hall–Kier alpha value is -1.16. The van der Waals surface area contributed by atoms with E-state index in [0.717, 1.165) is 8.87 Å². The molecule has 2 heterocycles. The molecule has 47 heavy (non-hydrogen) atoms. The molecule has 0 atom stereocenters. The molecule has 0 unspecified atom stereocenters. The van der Waals surface area contributed by atoms with Gasteiger partial charge in [0.1, 0.15) is 0 Å². The molecule has 264 valence electrons. The normalized spacial score (nSPS) is 21.6. The molecule has 0 amide bonds. The number of ether oxygens (including phenoxy) is 10. The summed E-state index contributed by atoms with van der Waals surface area (Å²) < 4.78 is 64.1. The van der Waals surface area contributed by atoms with E-state index in [1.54, 1.807) is 0 Å². The van der Waals surface area contributed by atoms with E-state index in [1.807, 2.05) is 0 Å². The minimum atomic E-state index is -3.52. The first kappa shape index (κ1) is 38.6. The molecule has 2 aliphatic rings. The fraction of sp³-hybridized carbons (Fsp3) is 0.667. The third kappa shape index (κ3) is 15.5. The molecule has 0 spiro atoms. The Morgan fingerprint density at radius 1 is 0.340 bits per heavy atom. The van der Waals surface area contributed by atoms with Crippen molar-refractivity contribution < 1.29 is 47.4 Å². The van der Waals surface area contributed by atoms with Crippen LogP contribution in [-0.4, -0.2) is 151 Å². The van der Waals surface area contributed by atoms with Crippen molar-refractivity contribution in [3.63, 3.8) is 0 Å². The third-order valence-corrected chi connectivity index (χ3v) is 23.8. The zero-order chi connectivity index (χ0) is 32.5. The van der Waals surface area contributed by atoms with Gasteiger partial charge < -0.3 is 0 Å². The summed E-state index contributed by atoms with van der Waals surface area (Å²) in [5, 5.41) is 0. The van der Waals surface area contributed by atoms with Crippen LogP contribution in [0.2, 0.25) is 8.87 Å². The van der Waals surface area contributed by atoms with Gasteiger partial charge in [-0.1, -0.05) is 0 Å². The summed E-state index contributed by atoms with van der Waals surface area (Å²) in [5.41, 5.74) is 0. The Morgan fingerprint density at radius 3 is 0.830 bits per heavy atom. The van der Waals surface area contributed by atoms with Gasteiger partial charge in [0.2, 0.25) is 0 Å². The van der Waals surface area contributed by atoms with Crippen LogP contribution < -0.4 is 7.16 Å². The van der Waals surface area contributed by atoms with Gasteiger partial charge >= 0.3 is 286 Å². The average molecular weight is 768 g/mol. The van der Waals surface area contributed by atoms with E-state index in [2.05, 4.69) is 60.7 Å². The summed E-state index contributed by atoms with van der Waals surface area (Å²) in [4.78, 5) is 0. The molecule has 2 saturated heterocycles. The van der Waals surface area contributed by atoms with Crippen molar-refractivity contribution in [2.45, 2.75) is 8.87 Å². The molecule has 0 aliphatic carbocycles. The van der Waals surface area contributed by atoms with Gasteiger partial charge in [-0.3, -0.25) is 0 Å². The van der Waals surface area contributed by atoms with Gasteiger partial charge in [0, 0.05) is 0 Å². The molecule has 0 bridgehead atoms. The van der Waals surface area contributed by atoms with E-state index >= 15 is 0 Å². The van der Waals surface area contributed by atoms with Crippen LogP contribution in [0.25, 0.3) is 0 Å². The third-order valence-electron chi connectivity index (χ3n) is 8.32. The average Bonchev–Trinajstić information content (AvgIpc) is 3.10. The minimum absolute atomic E-state index is 0.208. The first-order chi connectivity index (χ1) is 23.4. The molecule has 0 aromatic heterocycles. The van der Waals surface area contributed by atoms with Crippen LogP contribution in [0.5, 0.6) is 0 Å². The summed E-state index contributed by atoms with van der Waals surface area (Å²) in [6.45, 7) is 11.2. The first-order valence-corrected chi connectivity index (χ1v) is 24.1. The zero-order valence-corrected chi connectivity index (χ0v) is 30.9. The molecular weight excluding hydrogens is 711 g/mol. The van der Waals surface area contributed by atoms with Crippen LogP contribution in [0.4, 0.5) is 0 Å². The Kier molecular flexibility index (Phi) is 20.5. The van der Waals surface area contributed by atoms with Crippen molar-refractivity contribution in [3.05, 3.63) is 60.7 Å². The van der Waals surface area contributed by atoms with Gasteiger partial charge in [-0.15, -0.1) is 0 Å². The van der Waals surface area contributed by atoms with Gasteiger partial charge in [-0.2, -0.15) is 0 Å². The van der Waals surface area contributed by atoms with Gasteiger partial charge in [-0.05, 0) is 0 Å². The van der Waals surface area contributed by atoms with Crippen molar-refractivity contribution in [2.24, 2.45) is 11.8 Å². The number of hydrogen-bond donors (Lipinski definition) is 0. The summed E-state index contributed by atoms with van der Waals surface area (Å²) in [6.07, 6.45) is 0. The molecule has 2 aliphatic heterocycles. The zero-order valence-electron chi connectivity index (χ0n) is 28.1. The van der Waals surface area contributed by atoms with Crippen molar-refractivity contribution in [3.8, 4) is 0 Å². The Labute approximate surface area is 285 Å². The van der Waals surface area contributed by atoms with Gasteiger partial charge in [0.25, 0.3) is 0 Å². The van der Waals surface area contributed by atoms with E-state index in [1.165, 1.54) is 7.16 Å². The van der Waals surface area contributed by atoms with Crippen LogP contribution in [0, 0.1) is 11.8 Å². The second-order valence-corrected chi connectivity index (χ2v) is 23.7. The van der Waals surface area contributed by atoms with Gasteiger partial charge in [0.15, 0.2) is 0 Å². The van der Waals surface area contributed by atoms with Crippen molar-refractivity contribution >= 4 is 25.5 Å². The number of benzene rings is 2. The topological polar surface area (TPSA) is 92.3 Å². The monoisotopic (exact) mass is 768 g/mol. The van der Waals surface area contributed by atoms with Crippen molar-refractivity contribution in [1.82, 2.24) is 0 Å². The maximum atomic E-state index is 6.26. The van der Waals surface area contributed by atoms with Crippen molar-refractivity contribution in [2.75, 3.05) is 132 Å². The number of hydrogen-bond acceptors (Lipinski definition) is 10. The predicted octanol–water partition coefficient (Wildman–Crippen LogP) is 2.68. The summed E-state index contributed by atoms with van der Waals surface area (Å²) in [7, 11) is 0.